The van der Waals surface area contributed by atoms with Crippen molar-refractivity contribution < 1.29 is 59.8 Å². The summed E-state index contributed by atoms with van der Waals surface area (Å²) < 4.78 is 16.7. The molecule has 0 saturated carbocycles. The monoisotopic (exact) mass is 465 g/mol. The molecule has 3 unspecified atom stereocenters. The highest BCUT2D eigenvalue weighted by atomic mass is 16.7. The Morgan fingerprint density at radius 2 is 1.55 bits per heavy atom. The summed E-state index contributed by atoms with van der Waals surface area (Å²) in [7, 11) is 0. The molecule has 1 aliphatic heterocycles. The first-order valence-corrected chi connectivity index (χ1v) is 9.66. The number of hydrogen-bond donors (Lipinski definition) is 9. The van der Waals surface area contributed by atoms with Gasteiger partial charge in [0.25, 0.3) is 0 Å². The Labute approximate surface area is 185 Å². The second-order valence-electron chi connectivity index (χ2n) is 7.46. The van der Waals surface area contributed by atoms with Gasteiger partial charge < -0.3 is 55.4 Å². The van der Waals surface area contributed by atoms with E-state index in [1.165, 1.54) is 12.1 Å². The van der Waals surface area contributed by atoms with E-state index in [0.29, 0.717) is 0 Å². The van der Waals surface area contributed by atoms with Crippen molar-refractivity contribution in [3.8, 4) is 45.8 Å². The number of hydrogen-bond acceptors (Lipinski definition) is 11. The second kappa shape index (κ2) is 8.42. The number of benzene rings is 2. The minimum absolute atomic E-state index is 0.105. The molecule has 0 radical (unpaired) electrons. The van der Waals surface area contributed by atoms with Crippen LogP contribution in [0.5, 0.6) is 34.5 Å². The van der Waals surface area contributed by atoms with Crippen molar-refractivity contribution in [2.75, 3.05) is 6.61 Å². The molecule has 0 aliphatic carbocycles. The number of aromatic hydroxyl groups is 5. The zero-order chi connectivity index (χ0) is 24.0. The van der Waals surface area contributed by atoms with E-state index in [2.05, 4.69) is 0 Å². The summed E-state index contributed by atoms with van der Waals surface area (Å²) in [5, 5.41) is 88.9. The third-order valence-electron chi connectivity index (χ3n) is 5.30. The van der Waals surface area contributed by atoms with Crippen LogP contribution in [0.4, 0.5) is 0 Å². The largest absolute Gasteiger partial charge is 0.504 e. The molecule has 1 aromatic heterocycles. The molecule has 4 rings (SSSR count). The van der Waals surface area contributed by atoms with Crippen LogP contribution in [0.2, 0.25) is 0 Å². The van der Waals surface area contributed by atoms with Crippen LogP contribution in [-0.4, -0.2) is 83.3 Å². The quantitative estimate of drug-likeness (QED) is 0.185. The van der Waals surface area contributed by atoms with Crippen molar-refractivity contribution in [2.24, 2.45) is 0 Å². The van der Waals surface area contributed by atoms with Gasteiger partial charge in [0, 0.05) is 12.1 Å². The first kappa shape index (κ1) is 22.6. The van der Waals surface area contributed by atoms with E-state index in [9.17, 15) is 46.0 Å². The molecule has 1 aliphatic rings. The van der Waals surface area contributed by atoms with Gasteiger partial charge in [-0.1, -0.05) is 0 Å². The van der Waals surface area contributed by atoms with Crippen molar-refractivity contribution in [3.05, 3.63) is 30.3 Å². The lowest BCUT2D eigenvalue weighted by Gasteiger charge is -2.39. The van der Waals surface area contributed by atoms with Crippen LogP contribution in [0.25, 0.3) is 22.3 Å². The number of fused-ring (bicyclic) bond motifs is 1. The third kappa shape index (κ3) is 3.90. The SMILES string of the molecule is OCC1O[C@@H](Oc2cc3c(O)c(O)c(O)cc3[o+]c2-c2ccc(O)c(O)c2)C(O)C(O)[C@@H]1O. The molecule has 2 aromatic carbocycles. The van der Waals surface area contributed by atoms with E-state index in [0.717, 1.165) is 18.2 Å². The first-order valence-electron chi connectivity index (χ1n) is 9.66. The Morgan fingerprint density at radius 3 is 2.21 bits per heavy atom. The van der Waals surface area contributed by atoms with Gasteiger partial charge >= 0.3 is 11.3 Å². The fourth-order valence-corrected chi connectivity index (χ4v) is 3.46. The number of rotatable bonds is 4. The van der Waals surface area contributed by atoms with Crippen LogP contribution in [0.1, 0.15) is 0 Å². The van der Waals surface area contributed by atoms with Crippen LogP contribution >= 0.6 is 0 Å². The number of aliphatic hydroxyl groups excluding tert-OH is 4. The van der Waals surface area contributed by atoms with Gasteiger partial charge in [-0.25, -0.2) is 4.42 Å². The summed E-state index contributed by atoms with van der Waals surface area (Å²) in [5.74, 6) is -3.52. The molecular formula is C21H21O12+. The highest BCUT2D eigenvalue weighted by Gasteiger charge is 2.45. The summed E-state index contributed by atoms with van der Waals surface area (Å²) in [4.78, 5) is 0. The fraction of sp³-hybridized carbons (Fsp3) is 0.286. The van der Waals surface area contributed by atoms with Crippen LogP contribution in [0.3, 0.4) is 0 Å². The number of phenolic OH excluding ortho intramolecular Hbond substituents is 5. The van der Waals surface area contributed by atoms with Crippen LogP contribution in [-0.2, 0) is 4.74 Å². The summed E-state index contributed by atoms with van der Waals surface area (Å²) >= 11 is 0. The average Bonchev–Trinajstić information content (AvgIpc) is 2.79. The molecule has 0 bridgehead atoms. The Morgan fingerprint density at radius 1 is 0.818 bits per heavy atom. The van der Waals surface area contributed by atoms with Crippen molar-refractivity contribution in [1.29, 1.82) is 0 Å². The Balaban J connectivity index is 1.87. The molecule has 12 heteroatoms. The molecule has 9 N–H and O–H groups in total. The van der Waals surface area contributed by atoms with Crippen LogP contribution < -0.4 is 4.74 Å². The Bertz CT molecular complexity index is 1190. The van der Waals surface area contributed by atoms with E-state index >= 15 is 0 Å². The predicted octanol–water partition coefficient (Wildman–Crippen LogP) is 0.0876. The fourth-order valence-electron chi connectivity index (χ4n) is 3.46. The van der Waals surface area contributed by atoms with Crippen molar-refractivity contribution in [1.82, 2.24) is 0 Å². The van der Waals surface area contributed by atoms with E-state index in [-0.39, 0.29) is 28.0 Å². The summed E-state index contributed by atoms with van der Waals surface area (Å²) in [6.45, 7) is -0.695. The topological polar surface area (TPSA) is 212 Å². The maximum atomic E-state index is 10.3. The van der Waals surface area contributed by atoms with Gasteiger partial charge in [0.1, 0.15) is 29.8 Å². The van der Waals surface area contributed by atoms with Crippen LogP contribution in [0, 0.1) is 0 Å². The number of aliphatic hydroxyl groups is 4. The van der Waals surface area contributed by atoms with Gasteiger partial charge in [-0.15, -0.1) is 0 Å². The van der Waals surface area contributed by atoms with Crippen LogP contribution in [0.15, 0.2) is 34.7 Å². The third-order valence-corrected chi connectivity index (χ3v) is 5.30. The van der Waals surface area contributed by atoms with E-state index in [4.69, 9.17) is 13.9 Å². The molecule has 176 valence electrons. The zero-order valence-corrected chi connectivity index (χ0v) is 16.7. The average molecular weight is 465 g/mol. The lowest BCUT2D eigenvalue weighted by Crippen LogP contribution is -2.60. The van der Waals surface area contributed by atoms with Gasteiger partial charge in [-0.05, 0) is 12.1 Å². The molecule has 2 heterocycles. The maximum absolute atomic E-state index is 10.3. The molecule has 3 aromatic rings. The van der Waals surface area contributed by atoms with E-state index < -0.39 is 66.1 Å². The molecule has 1 fully saturated rings. The van der Waals surface area contributed by atoms with Gasteiger partial charge in [0.15, 0.2) is 23.0 Å². The Kier molecular flexibility index (Phi) is 5.78. The number of phenols is 5. The predicted molar refractivity (Wildman–Crippen MR) is 109 cm³/mol. The molecule has 0 spiro atoms. The molecule has 33 heavy (non-hydrogen) atoms. The van der Waals surface area contributed by atoms with Gasteiger partial charge in [0.2, 0.25) is 17.8 Å². The molecular weight excluding hydrogens is 444 g/mol. The second-order valence-corrected chi connectivity index (χ2v) is 7.46. The van der Waals surface area contributed by atoms with Crippen molar-refractivity contribution in [2.45, 2.75) is 30.7 Å². The minimum atomic E-state index is -1.76. The Hall–Kier alpha value is -3.55. The molecule has 0 amide bonds. The van der Waals surface area contributed by atoms with Gasteiger partial charge in [-0.2, -0.15) is 0 Å². The van der Waals surface area contributed by atoms with E-state index in [1.807, 2.05) is 0 Å². The smallest absolute Gasteiger partial charge is 0.402 e. The van der Waals surface area contributed by atoms with E-state index in [1.54, 1.807) is 0 Å². The molecule has 1 saturated heterocycles. The lowest BCUT2D eigenvalue weighted by atomic mass is 9.99. The number of ether oxygens (including phenoxy) is 2. The first-order chi connectivity index (χ1) is 15.6. The highest BCUT2D eigenvalue weighted by Crippen LogP contribution is 2.46. The lowest BCUT2D eigenvalue weighted by molar-refractivity contribution is -0.277. The van der Waals surface area contributed by atoms with Crippen molar-refractivity contribution >= 4 is 11.0 Å². The molecule has 12 nitrogen and oxygen atoms in total. The van der Waals surface area contributed by atoms with Gasteiger partial charge in [-0.3, -0.25) is 0 Å². The normalized spacial score (nSPS) is 25.3. The summed E-state index contributed by atoms with van der Waals surface area (Å²) in [6, 6.07) is 5.83. The van der Waals surface area contributed by atoms with Gasteiger partial charge in [0.05, 0.1) is 18.2 Å². The summed E-state index contributed by atoms with van der Waals surface area (Å²) in [5.41, 5.74) is 0.0466. The minimum Gasteiger partial charge on any atom is -0.504 e. The highest BCUT2D eigenvalue weighted by molar-refractivity contribution is 5.91. The van der Waals surface area contributed by atoms with Crippen molar-refractivity contribution in [3.63, 3.8) is 0 Å². The summed E-state index contributed by atoms with van der Waals surface area (Å²) in [6.07, 6.45) is -7.99. The zero-order valence-electron chi connectivity index (χ0n) is 16.7. The standard InChI is InChI=1S/C21H20O12/c22-6-14-17(28)18(29)19(30)21(33-14)32-13-4-8-12(5-11(25)16(27)15(8)26)31-20(13)7-1-2-9(23)10(24)3-7/h1-5,14,17-19,21-22,28-30H,6H2,(H4-,23,24,25,26,27)/p+1/t14?,17-,18?,19?,21-/m1/s1. The maximum Gasteiger partial charge on any atom is 0.402 e. The molecule has 5 atom stereocenters.